The van der Waals surface area contributed by atoms with Crippen molar-refractivity contribution in [3.63, 3.8) is 0 Å². The van der Waals surface area contributed by atoms with Crippen LogP contribution in [0.3, 0.4) is 0 Å². The fraction of sp³-hybridized carbons (Fsp3) is 0.846. The zero-order valence-corrected chi connectivity index (χ0v) is 11.7. The van der Waals surface area contributed by atoms with E-state index in [1.807, 2.05) is 13.8 Å². The molecule has 0 aliphatic rings. The number of carbonyl (C=O) groups is 2. The van der Waals surface area contributed by atoms with Crippen LogP contribution in [0.1, 0.15) is 59.3 Å². The minimum Gasteiger partial charge on any atom is -0.481 e. The molecular weight excluding hydrogens is 232 g/mol. The van der Waals surface area contributed by atoms with E-state index in [1.54, 1.807) is 0 Å². The third kappa shape index (κ3) is 8.84. The molecule has 18 heavy (non-hydrogen) atoms. The van der Waals surface area contributed by atoms with Crippen LogP contribution < -0.4 is 10.6 Å². The van der Waals surface area contributed by atoms with E-state index in [4.69, 9.17) is 5.11 Å². The van der Waals surface area contributed by atoms with Crippen LogP contribution in [-0.2, 0) is 4.79 Å². The molecule has 0 radical (unpaired) electrons. The summed E-state index contributed by atoms with van der Waals surface area (Å²) in [6.07, 6.45) is 4.97. The van der Waals surface area contributed by atoms with E-state index in [0.29, 0.717) is 6.42 Å². The monoisotopic (exact) mass is 258 g/mol. The van der Waals surface area contributed by atoms with Gasteiger partial charge >= 0.3 is 12.0 Å². The molecule has 2 atom stereocenters. The first-order valence-electron chi connectivity index (χ1n) is 6.78. The summed E-state index contributed by atoms with van der Waals surface area (Å²) in [6.45, 7) is 5.97. The van der Waals surface area contributed by atoms with Crippen LogP contribution in [0.4, 0.5) is 4.79 Å². The van der Waals surface area contributed by atoms with Crippen molar-refractivity contribution >= 4 is 12.0 Å². The molecule has 0 bridgehead atoms. The molecule has 0 saturated heterocycles. The van der Waals surface area contributed by atoms with Crippen molar-refractivity contribution in [3.05, 3.63) is 0 Å². The molecule has 3 N–H and O–H groups in total. The molecule has 0 heterocycles. The Labute approximate surface area is 109 Å². The molecular formula is C13H26N2O3. The van der Waals surface area contributed by atoms with Crippen molar-refractivity contribution in [1.82, 2.24) is 10.6 Å². The van der Waals surface area contributed by atoms with Crippen molar-refractivity contribution < 1.29 is 14.7 Å². The van der Waals surface area contributed by atoms with E-state index in [1.165, 1.54) is 6.42 Å². The Morgan fingerprint density at radius 3 is 2.33 bits per heavy atom. The molecule has 5 heteroatoms. The maximum Gasteiger partial charge on any atom is 0.315 e. The highest BCUT2D eigenvalue weighted by atomic mass is 16.4. The first-order valence-corrected chi connectivity index (χ1v) is 6.78. The number of hydrogen-bond acceptors (Lipinski definition) is 2. The largest absolute Gasteiger partial charge is 0.481 e. The second-order valence-corrected chi connectivity index (χ2v) is 4.72. The SMILES string of the molecule is CCCCCC(C)NC(=O)NC(CC)CC(=O)O. The average molecular weight is 258 g/mol. The Morgan fingerprint density at radius 1 is 1.17 bits per heavy atom. The van der Waals surface area contributed by atoms with Gasteiger partial charge < -0.3 is 15.7 Å². The molecule has 2 amide bonds. The lowest BCUT2D eigenvalue weighted by atomic mass is 10.1. The minimum atomic E-state index is -0.891. The number of hydrogen-bond donors (Lipinski definition) is 3. The van der Waals surface area contributed by atoms with Crippen molar-refractivity contribution in [2.45, 2.75) is 71.4 Å². The van der Waals surface area contributed by atoms with E-state index in [-0.39, 0.29) is 24.5 Å². The molecule has 2 unspecified atom stereocenters. The van der Waals surface area contributed by atoms with Crippen LogP contribution in [0.15, 0.2) is 0 Å². The molecule has 106 valence electrons. The van der Waals surface area contributed by atoms with Gasteiger partial charge in [-0.05, 0) is 19.8 Å². The Balaban J connectivity index is 3.89. The van der Waals surface area contributed by atoms with E-state index in [9.17, 15) is 9.59 Å². The summed E-state index contributed by atoms with van der Waals surface area (Å²) in [4.78, 5) is 22.2. The maximum atomic E-state index is 11.6. The predicted molar refractivity (Wildman–Crippen MR) is 71.6 cm³/mol. The smallest absolute Gasteiger partial charge is 0.315 e. The number of carbonyl (C=O) groups excluding carboxylic acids is 1. The van der Waals surface area contributed by atoms with Gasteiger partial charge in [0.1, 0.15) is 0 Å². The van der Waals surface area contributed by atoms with Crippen LogP contribution in [0.25, 0.3) is 0 Å². The lowest BCUT2D eigenvalue weighted by molar-refractivity contribution is -0.137. The fourth-order valence-electron chi connectivity index (χ4n) is 1.73. The number of rotatable bonds is 9. The van der Waals surface area contributed by atoms with Gasteiger partial charge in [-0.2, -0.15) is 0 Å². The lowest BCUT2D eigenvalue weighted by Gasteiger charge is -2.18. The van der Waals surface area contributed by atoms with Crippen molar-refractivity contribution in [2.75, 3.05) is 0 Å². The van der Waals surface area contributed by atoms with Gasteiger partial charge in [0.2, 0.25) is 0 Å². The Morgan fingerprint density at radius 2 is 1.83 bits per heavy atom. The number of urea groups is 1. The maximum absolute atomic E-state index is 11.6. The molecule has 0 fully saturated rings. The van der Waals surface area contributed by atoms with E-state index in [0.717, 1.165) is 19.3 Å². The molecule has 0 aliphatic carbocycles. The molecule has 0 rings (SSSR count). The van der Waals surface area contributed by atoms with Crippen molar-refractivity contribution in [1.29, 1.82) is 0 Å². The van der Waals surface area contributed by atoms with Crippen LogP contribution in [0, 0.1) is 0 Å². The Kier molecular flexibility index (Phi) is 9.06. The van der Waals surface area contributed by atoms with Crippen LogP contribution in [0.2, 0.25) is 0 Å². The van der Waals surface area contributed by atoms with E-state index in [2.05, 4.69) is 17.6 Å². The summed E-state index contributed by atoms with van der Waals surface area (Å²) < 4.78 is 0. The molecule has 0 spiro atoms. The summed E-state index contributed by atoms with van der Waals surface area (Å²) in [7, 11) is 0. The zero-order valence-electron chi connectivity index (χ0n) is 11.7. The fourth-order valence-corrected chi connectivity index (χ4v) is 1.73. The Hall–Kier alpha value is -1.26. The van der Waals surface area contributed by atoms with Gasteiger partial charge in [-0.3, -0.25) is 4.79 Å². The van der Waals surface area contributed by atoms with Crippen LogP contribution in [0.5, 0.6) is 0 Å². The standard InChI is InChI=1S/C13H26N2O3/c1-4-6-7-8-10(3)14-13(18)15-11(5-2)9-12(16)17/h10-11H,4-9H2,1-3H3,(H,16,17)(H2,14,15,18). The van der Waals surface area contributed by atoms with Crippen molar-refractivity contribution in [2.24, 2.45) is 0 Å². The van der Waals surface area contributed by atoms with Gasteiger partial charge in [0.15, 0.2) is 0 Å². The molecule has 0 aromatic rings. The summed E-state index contributed by atoms with van der Waals surface area (Å²) in [5.41, 5.74) is 0. The first kappa shape index (κ1) is 16.7. The first-order chi connectivity index (χ1) is 8.49. The number of aliphatic carboxylic acids is 1. The molecule has 0 aliphatic heterocycles. The summed E-state index contributed by atoms with van der Waals surface area (Å²) in [5.74, 6) is -0.891. The number of amides is 2. The second-order valence-electron chi connectivity index (χ2n) is 4.72. The molecule has 5 nitrogen and oxygen atoms in total. The number of unbranched alkanes of at least 4 members (excludes halogenated alkanes) is 2. The molecule has 0 aromatic heterocycles. The van der Waals surface area contributed by atoms with Gasteiger partial charge in [-0.1, -0.05) is 33.1 Å². The quantitative estimate of drug-likeness (QED) is 0.556. The lowest BCUT2D eigenvalue weighted by Crippen LogP contribution is -2.45. The van der Waals surface area contributed by atoms with Crippen molar-refractivity contribution in [3.8, 4) is 0 Å². The summed E-state index contributed by atoms with van der Waals surface area (Å²) >= 11 is 0. The van der Waals surface area contributed by atoms with E-state index < -0.39 is 5.97 Å². The summed E-state index contributed by atoms with van der Waals surface area (Å²) in [6, 6.07) is -0.448. The predicted octanol–water partition coefficient (Wildman–Crippen LogP) is 2.51. The normalized spacial score (nSPS) is 13.7. The Bertz CT molecular complexity index is 257. The number of nitrogens with one attached hydrogen (secondary N) is 2. The zero-order chi connectivity index (χ0) is 14.0. The van der Waals surface area contributed by atoms with E-state index >= 15 is 0 Å². The van der Waals surface area contributed by atoms with Gasteiger partial charge in [0, 0.05) is 12.1 Å². The third-order valence-electron chi connectivity index (χ3n) is 2.87. The highest BCUT2D eigenvalue weighted by molar-refractivity contribution is 5.75. The highest BCUT2D eigenvalue weighted by Crippen LogP contribution is 2.03. The minimum absolute atomic E-state index is 0.0336. The number of carboxylic acid groups (broad SMARTS) is 1. The third-order valence-corrected chi connectivity index (χ3v) is 2.87. The van der Waals surface area contributed by atoms with Crippen LogP contribution >= 0.6 is 0 Å². The van der Waals surface area contributed by atoms with Crippen LogP contribution in [-0.4, -0.2) is 29.2 Å². The summed E-state index contributed by atoms with van der Waals surface area (Å²) in [5, 5.41) is 14.2. The van der Waals surface area contributed by atoms with Gasteiger partial charge in [-0.15, -0.1) is 0 Å². The number of carboxylic acids is 1. The highest BCUT2D eigenvalue weighted by Gasteiger charge is 2.14. The molecule has 0 aromatic carbocycles. The van der Waals surface area contributed by atoms with Gasteiger partial charge in [-0.25, -0.2) is 4.79 Å². The average Bonchev–Trinajstić information content (AvgIpc) is 2.27. The van der Waals surface area contributed by atoms with Gasteiger partial charge in [0.05, 0.1) is 6.42 Å². The second kappa shape index (κ2) is 9.74. The molecule has 0 saturated carbocycles. The van der Waals surface area contributed by atoms with Gasteiger partial charge in [0.25, 0.3) is 0 Å². The topological polar surface area (TPSA) is 78.4 Å².